The summed E-state index contributed by atoms with van der Waals surface area (Å²) in [5.74, 6) is -1.76. The van der Waals surface area contributed by atoms with Crippen LogP contribution in [0.15, 0.2) is 9.90 Å². The molecule has 0 fully saturated rings. The van der Waals surface area contributed by atoms with Crippen molar-refractivity contribution in [1.82, 2.24) is 5.16 Å². The van der Waals surface area contributed by atoms with Gasteiger partial charge < -0.3 is 25.0 Å². The van der Waals surface area contributed by atoms with Crippen molar-refractivity contribution in [3.63, 3.8) is 0 Å². The molecule has 0 aliphatic carbocycles. The highest BCUT2D eigenvalue weighted by atomic mass is 32.1. The van der Waals surface area contributed by atoms with Crippen molar-refractivity contribution in [3.8, 4) is 0 Å². The first-order valence-electron chi connectivity index (χ1n) is 8.70. The molecule has 1 amide bonds. The molecular weight excluding hydrogens is 386 g/mol. The van der Waals surface area contributed by atoms with Crippen LogP contribution in [0, 0.1) is 12.8 Å². The molecule has 28 heavy (non-hydrogen) atoms. The maximum atomic E-state index is 12.3. The SMILES string of the molecule is CCOC(=O)c1c(CC(C)C)csc1NC(=O)COC(=O)c1c(C)noc1N. The van der Waals surface area contributed by atoms with Gasteiger partial charge in [0.25, 0.3) is 5.91 Å². The molecule has 152 valence electrons. The number of carbonyl (C=O) groups excluding carboxylic acids is 3. The van der Waals surface area contributed by atoms with E-state index in [0.29, 0.717) is 22.9 Å². The molecule has 3 N–H and O–H groups in total. The quantitative estimate of drug-likeness (QED) is 0.636. The Morgan fingerprint density at radius 3 is 2.50 bits per heavy atom. The third-order valence-corrected chi connectivity index (χ3v) is 4.60. The molecule has 0 spiro atoms. The molecule has 9 nitrogen and oxygen atoms in total. The van der Waals surface area contributed by atoms with E-state index in [1.807, 2.05) is 19.2 Å². The van der Waals surface area contributed by atoms with Gasteiger partial charge in [0, 0.05) is 0 Å². The van der Waals surface area contributed by atoms with Gasteiger partial charge in [-0.05, 0) is 37.1 Å². The molecule has 0 atom stereocenters. The fraction of sp³-hybridized carbons (Fsp3) is 0.444. The standard InChI is InChI=1S/C18H23N3O6S/c1-5-25-18(24)14-11(6-9(2)3)8-28-16(14)20-12(22)7-26-17(23)13-10(4)21-27-15(13)19/h8-9H,5-7,19H2,1-4H3,(H,20,22). The first kappa shape index (κ1) is 21.4. The van der Waals surface area contributed by atoms with Gasteiger partial charge in [0.2, 0.25) is 5.88 Å². The summed E-state index contributed by atoms with van der Waals surface area (Å²) in [6.07, 6.45) is 0.668. The van der Waals surface area contributed by atoms with Gasteiger partial charge in [0.1, 0.15) is 10.6 Å². The molecule has 2 heterocycles. The zero-order valence-corrected chi connectivity index (χ0v) is 17.0. The lowest BCUT2D eigenvalue weighted by Gasteiger charge is -2.10. The monoisotopic (exact) mass is 409 g/mol. The molecule has 0 radical (unpaired) electrons. The minimum Gasteiger partial charge on any atom is -0.462 e. The van der Waals surface area contributed by atoms with Crippen LogP contribution in [0.1, 0.15) is 52.7 Å². The predicted octanol–water partition coefficient (Wildman–Crippen LogP) is 2.80. The number of rotatable bonds is 8. The molecular formula is C18H23N3O6S. The van der Waals surface area contributed by atoms with Crippen LogP contribution >= 0.6 is 11.3 Å². The second-order valence-electron chi connectivity index (χ2n) is 6.42. The predicted molar refractivity (Wildman–Crippen MR) is 103 cm³/mol. The van der Waals surface area contributed by atoms with Crippen molar-refractivity contribution in [3.05, 3.63) is 27.8 Å². The number of nitrogens with zero attached hydrogens (tertiary/aromatic N) is 1. The van der Waals surface area contributed by atoms with E-state index < -0.39 is 24.5 Å². The number of nitrogens with one attached hydrogen (secondary N) is 1. The molecule has 0 saturated heterocycles. The van der Waals surface area contributed by atoms with Gasteiger partial charge in [-0.15, -0.1) is 11.3 Å². The summed E-state index contributed by atoms with van der Waals surface area (Å²) in [6.45, 7) is 6.97. The topological polar surface area (TPSA) is 134 Å². The number of carbonyl (C=O) groups is 3. The lowest BCUT2D eigenvalue weighted by atomic mass is 10.0. The Balaban J connectivity index is 2.07. The van der Waals surface area contributed by atoms with Crippen LogP contribution in [0.25, 0.3) is 0 Å². The molecule has 0 unspecified atom stereocenters. The van der Waals surface area contributed by atoms with Crippen LogP contribution in [0.5, 0.6) is 0 Å². The van der Waals surface area contributed by atoms with Crippen molar-refractivity contribution in [2.24, 2.45) is 5.92 Å². The largest absolute Gasteiger partial charge is 0.462 e. The number of aromatic nitrogens is 1. The van der Waals surface area contributed by atoms with Gasteiger partial charge in [-0.25, -0.2) is 9.59 Å². The van der Waals surface area contributed by atoms with Crippen LogP contribution in [-0.2, 0) is 20.7 Å². The summed E-state index contributed by atoms with van der Waals surface area (Å²) in [7, 11) is 0. The van der Waals surface area contributed by atoms with Crippen molar-refractivity contribution < 1.29 is 28.4 Å². The van der Waals surface area contributed by atoms with Crippen LogP contribution < -0.4 is 11.1 Å². The molecule has 0 bridgehead atoms. The molecule has 2 aromatic heterocycles. The maximum Gasteiger partial charge on any atom is 0.346 e. The van der Waals surface area contributed by atoms with Crippen LogP contribution in [-0.4, -0.2) is 36.2 Å². The first-order chi connectivity index (χ1) is 13.2. The van der Waals surface area contributed by atoms with E-state index in [1.165, 1.54) is 18.3 Å². The van der Waals surface area contributed by atoms with Crippen molar-refractivity contribution in [1.29, 1.82) is 0 Å². The summed E-state index contributed by atoms with van der Waals surface area (Å²) >= 11 is 1.22. The number of anilines is 2. The van der Waals surface area contributed by atoms with E-state index in [0.717, 1.165) is 5.56 Å². The number of esters is 2. The number of aryl methyl sites for hydroxylation is 1. The molecule has 2 aromatic rings. The number of ether oxygens (including phenoxy) is 2. The van der Waals surface area contributed by atoms with E-state index in [9.17, 15) is 14.4 Å². The summed E-state index contributed by atoms with van der Waals surface area (Å²) in [4.78, 5) is 36.6. The van der Waals surface area contributed by atoms with Gasteiger partial charge in [-0.3, -0.25) is 4.79 Å². The summed E-state index contributed by atoms with van der Waals surface area (Å²) in [6, 6.07) is 0. The lowest BCUT2D eigenvalue weighted by molar-refractivity contribution is -0.119. The molecule has 0 aliphatic heterocycles. The minimum atomic E-state index is -0.816. The number of nitrogens with two attached hydrogens (primary N) is 1. The average Bonchev–Trinajstić information content (AvgIpc) is 3.15. The van der Waals surface area contributed by atoms with Gasteiger partial charge in [0.15, 0.2) is 6.61 Å². The Kier molecular flexibility index (Phi) is 7.16. The normalized spacial score (nSPS) is 10.8. The van der Waals surface area contributed by atoms with Crippen LogP contribution in [0.2, 0.25) is 0 Å². The molecule has 2 rings (SSSR count). The van der Waals surface area contributed by atoms with E-state index in [2.05, 4.69) is 10.5 Å². The summed E-state index contributed by atoms with van der Waals surface area (Å²) in [5, 5.41) is 8.33. The number of hydrogen-bond acceptors (Lipinski definition) is 9. The number of hydrogen-bond donors (Lipinski definition) is 2. The molecule has 10 heteroatoms. The fourth-order valence-electron chi connectivity index (χ4n) is 2.50. The summed E-state index contributed by atoms with van der Waals surface area (Å²) < 4.78 is 14.8. The molecule has 0 saturated carbocycles. The maximum absolute atomic E-state index is 12.3. The number of amides is 1. The van der Waals surface area contributed by atoms with E-state index in [-0.39, 0.29) is 23.7 Å². The zero-order valence-electron chi connectivity index (χ0n) is 16.2. The van der Waals surface area contributed by atoms with Crippen LogP contribution in [0.3, 0.4) is 0 Å². The van der Waals surface area contributed by atoms with Crippen LogP contribution in [0.4, 0.5) is 10.9 Å². The Morgan fingerprint density at radius 1 is 1.25 bits per heavy atom. The smallest absolute Gasteiger partial charge is 0.346 e. The Morgan fingerprint density at radius 2 is 1.93 bits per heavy atom. The van der Waals surface area contributed by atoms with Gasteiger partial charge >= 0.3 is 11.9 Å². The Bertz CT molecular complexity index is 851. The third-order valence-electron chi connectivity index (χ3n) is 3.66. The summed E-state index contributed by atoms with van der Waals surface area (Å²) in [5.41, 5.74) is 6.90. The molecule has 0 aromatic carbocycles. The van der Waals surface area contributed by atoms with E-state index >= 15 is 0 Å². The van der Waals surface area contributed by atoms with Crippen molar-refractivity contribution in [2.75, 3.05) is 24.3 Å². The minimum absolute atomic E-state index is 0.0182. The zero-order chi connectivity index (χ0) is 20.8. The molecule has 0 aliphatic rings. The lowest BCUT2D eigenvalue weighted by Crippen LogP contribution is -2.22. The van der Waals surface area contributed by atoms with Gasteiger partial charge in [0.05, 0.1) is 17.9 Å². The Labute approximate surface area is 166 Å². The number of nitrogen functional groups attached to an aromatic ring is 1. The highest BCUT2D eigenvalue weighted by Gasteiger charge is 2.24. The van der Waals surface area contributed by atoms with E-state index in [4.69, 9.17) is 19.7 Å². The Hall–Kier alpha value is -2.88. The third kappa shape index (κ3) is 5.10. The van der Waals surface area contributed by atoms with E-state index in [1.54, 1.807) is 6.92 Å². The second-order valence-corrected chi connectivity index (χ2v) is 7.29. The highest BCUT2D eigenvalue weighted by Crippen LogP contribution is 2.31. The van der Waals surface area contributed by atoms with Gasteiger partial charge in [-0.2, -0.15) is 0 Å². The van der Waals surface area contributed by atoms with Crippen molar-refractivity contribution >= 4 is 40.1 Å². The first-order valence-corrected chi connectivity index (χ1v) is 9.58. The number of thiophene rings is 1. The average molecular weight is 409 g/mol. The van der Waals surface area contributed by atoms with Crippen molar-refractivity contribution in [2.45, 2.75) is 34.1 Å². The fourth-order valence-corrected chi connectivity index (χ4v) is 3.48. The van der Waals surface area contributed by atoms with Gasteiger partial charge in [-0.1, -0.05) is 19.0 Å². The second kappa shape index (κ2) is 9.36. The highest BCUT2D eigenvalue weighted by molar-refractivity contribution is 7.15.